The zero-order valence-corrected chi connectivity index (χ0v) is 29.7. The Morgan fingerprint density at radius 3 is 2.17 bits per heavy atom. The summed E-state index contributed by atoms with van der Waals surface area (Å²) in [6.45, 7) is 20.9. The largest absolute Gasteiger partial charge is 0.479 e. The van der Waals surface area contributed by atoms with Crippen molar-refractivity contribution in [3.05, 3.63) is 53.6 Å². The highest BCUT2D eigenvalue weighted by Gasteiger charge is 2.66. The summed E-state index contributed by atoms with van der Waals surface area (Å²) >= 11 is 0. The molecule has 0 spiro atoms. The predicted octanol–water partition coefficient (Wildman–Crippen LogP) is 7.13. The number of carbonyl (C=O) groups excluding carboxylic acids is 1. The first-order chi connectivity index (χ1) is 22.0. The van der Waals surface area contributed by atoms with Crippen LogP contribution in [0.1, 0.15) is 117 Å². The Morgan fingerprint density at radius 2 is 1.60 bits per heavy atom. The number of aliphatic carboxylic acids is 1. The van der Waals surface area contributed by atoms with Crippen LogP contribution < -0.4 is 5.32 Å². The molecule has 47 heavy (non-hydrogen) atoms. The SMILES string of the molecule is C=C(C)C1CCC2(C(=O)NCC(O)C(=O)O)CCC3(C)C(C)C(C4(C)CC=C(c5ccc(C(O)O)cc5)C(C)(C)C4CC)CCC3C12. The molecule has 3 fully saturated rings. The highest BCUT2D eigenvalue weighted by Crippen LogP contribution is 2.71. The summed E-state index contributed by atoms with van der Waals surface area (Å²) in [7, 11) is 0. The number of amides is 1. The van der Waals surface area contributed by atoms with Crippen molar-refractivity contribution in [2.45, 2.75) is 112 Å². The van der Waals surface area contributed by atoms with Crippen LogP contribution >= 0.6 is 0 Å². The third kappa shape index (κ3) is 5.72. The third-order valence-corrected chi connectivity index (χ3v) is 14.5. The minimum Gasteiger partial charge on any atom is -0.479 e. The van der Waals surface area contributed by atoms with Gasteiger partial charge in [0, 0.05) is 5.56 Å². The number of aliphatic hydroxyl groups is 3. The number of aliphatic hydroxyl groups excluding tert-OH is 2. The maximum Gasteiger partial charge on any atom is 0.334 e. The van der Waals surface area contributed by atoms with Crippen LogP contribution in [0.15, 0.2) is 42.5 Å². The number of rotatable bonds is 9. The number of nitrogens with one attached hydrogen (secondary N) is 1. The average Bonchev–Trinajstić information content (AvgIpc) is 3.41. The fraction of sp³-hybridized carbons (Fsp3) is 0.700. The Morgan fingerprint density at radius 1 is 0.957 bits per heavy atom. The molecule has 10 atom stereocenters. The summed E-state index contributed by atoms with van der Waals surface area (Å²) in [5, 5.41) is 41.3. The maximum absolute atomic E-state index is 14.0. The number of hydrogen-bond donors (Lipinski definition) is 5. The number of carboxylic acid groups (broad SMARTS) is 1. The molecular weight excluding hydrogens is 590 g/mol. The number of hydrogen-bond acceptors (Lipinski definition) is 5. The predicted molar refractivity (Wildman–Crippen MR) is 185 cm³/mol. The van der Waals surface area contributed by atoms with Gasteiger partial charge in [-0.05, 0) is 115 Å². The van der Waals surface area contributed by atoms with Crippen molar-refractivity contribution < 1.29 is 30.0 Å². The van der Waals surface area contributed by atoms with Gasteiger partial charge in [-0.15, -0.1) is 0 Å². The van der Waals surface area contributed by atoms with E-state index in [2.05, 4.69) is 66.4 Å². The average molecular weight is 650 g/mol. The fourth-order valence-electron chi connectivity index (χ4n) is 12.1. The van der Waals surface area contributed by atoms with Gasteiger partial charge in [-0.3, -0.25) is 4.79 Å². The lowest BCUT2D eigenvalue weighted by Crippen LogP contribution is -2.60. The van der Waals surface area contributed by atoms with Crippen LogP contribution in [0.25, 0.3) is 5.57 Å². The highest BCUT2D eigenvalue weighted by molar-refractivity contribution is 5.84. The molecule has 1 aromatic carbocycles. The molecule has 4 aliphatic rings. The van der Waals surface area contributed by atoms with Crippen molar-refractivity contribution in [2.75, 3.05) is 6.54 Å². The first kappa shape index (κ1) is 35.8. The first-order valence-corrected chi connectivity index (χ1v) is 18.0. The second kappa shape index (κ2) is 12.8. The zero-order valence-electron chi connectivity index (χ0n) is 29.7. The van der Waals surface area contributed by atoms with Gasteiger partial charge in [0.05, 0.1) is 12.0 Å². The molecule has 5 N–H and O–H groups in total. The second-order valence-corrected chi connectivity index (χ2v) is 16.8. The number of carbonyl (C=O) groups is 2. The molecule has 1 amide bonds. The molecule has 0 aromatic heterocycles. The van der Waals surface area contributed by atoms with E-state index in [1.54, 1.807) is 0 Å². The van der Waals surface area contributed by atoms with Gasteiger partial charge >= 0.3 is 5.97 Å². The van der Waals surface area contributed by atoms with Crippen LogP contribution in [0.2, 0.25) is 0 Å². The first-order valence-electron chi connectivity index (χ1n) is 18.0. The number of benzene rings is 1. The lowest BCUT2D eigenvalue weighted by atomic mass is 9.40. The van der Waals surface area contributed by atoms with Crippen LogP contribution in [-0.2, 0) is 9.59 Å². The molecule has 0 heterocycles. The third-order valence-electron chi connectivity index (χ3n) is 14.5. The summed E-state index contributed by atoms with van der Waals surface area (Å²) in [6, 6.07) is 7.68. The Bertz CT molecular complexity index is 1400. The van der Waals surface area contributed by atoms with Crippen molar-refractivity contribution in [1.82, 2.24) is 5.32 Å². The minimum absolute atomic E-state index is 0.0619. The zero-order chi connectivity index (χ0) is 34.7. The van der Waals surface area contributed by atoms with Crippen LogP contribution in [0, 0.1) is 57.2 Å². The van der Waals surface area contributed by atoms with Gasteiger partial charge in [-0.1, -0.05) is 90.5 Å². The molecule has 4 aliphatic carbocycles. The molecule has 0 radical (unpaired) electrons. The number of fused-ring (bicyclic) bond motifs is 3. The van der Waals surface area contributed by atoms with Gasteiger partial charge in [-0.2, -0.15) is 0 Å². The summed E-state index contributed by atoms with van der Waals surface area (Å²) in [5.74, 6) is 0.813. The Kier molecular flexibility index (Phi) is 9.73. The van der Waals surface area contributed by atoms with Gasteiger partial charge in [0.1, 0.15) is 0 Å². The molecule has 7 nitrogen and oxygen atoms in total. The second-order valence-electron chi connectivity index (χ2n) is 16.8. The van der Waals surface area contributed by atoms with Crippen molar-refractivity contribution in [3.63, 3.8) is 0 Å². The van der Waals surface area contributed by atoms with E-state index in [1.165, 1.54) is 5.57 Å². The molecule has 260 valence electrons. The van der Waals surface area contributed by atoms with Crippen LogP contribution in [0.5, 0.6) is 0 Å². The lowest BCUT2D eigenvalue weighted by molar-refractivity contribution is -0.164. The summed E-state index contributed by atoms with van der Waals surface area (Å²) < 4.78 is 0. The van der Waals surface area contributed by atoms with Crippen LogP contribution in [-0.4, -0.2) is 45.0 Å². The van der Waals surface area contributed by atoms with Gasteiger partial charge < -0.3 is 25.7 Å². The van der Waals surface area contributed by atoms with Crippen molar-refractivity contribution >= 4 is 17.4 Å². The maximum atomic E-state index is 14.0. The number of carboxylic acids is 1. The fourth-order valence-corrected chi connectivity index (χ4v) is 12.1. The van der Waals surface area contributed by atoms with E-state index in [0.29, 0.717) is 29.2 Å². The van der Waals surface area contributed by atoms with E-state index in [0.717, 1.165) is 62.5 Å². The van der Waals surface area contributed by atoms with E-state index in [9.17, 15) is 30.0 Å². The summed E-state index contributed by atoms with van der Waals surface area (Å²) in [5.41, 5.74) is 3.65. The summed E-state index contributed by atoms with van der Waals surface area (Å²) in [6.07, 6.45) is 7.10. The van der Waals surface area contributed by atoms with E-state index < -0.39 is 23.8 Å². The molecular formula is C40H59NO6. The topological polar surface area (TPSA) is 127 Å². The minimum atomic E-state index is -1.61. The van der Waals surface area contributed by atoms with Gasteiger partial charge in [-0.25, -0.2) is 4.79 Å². The molecule has 0 saturated heterocycles. The Balaban J connectivity index is 1.45. The Hall–Kier alpha value is -2.48. The lowest BCUT2D eigenvalue weighted by Gasteiger charge is -2.64. The molecule has 3 saturated carbocycles. The van der Waals surface area contributed by atoms with Gasteiger partial charge in [0.2, 0.25) is 5.91 Å². The van der Waals surface area contributed by atoms with Crippen LogP contribution in [0.3, 0.4) is 0 Å². The van der Waals surface area contributed by atoms with Gasteiger partial charge in [0.15, 0.2) is 12.4 Å². The van der Waals surface area contributed by atoms with Crippen molar-refractivity contribution in [1.29, 1.82) is 0 Å². The van der Waals surface area contributed by atoms with E-state index in [4.69, 9.17) is 0 Å². The van der Waals surface area contributed by atoms with E-state index in [1.807, 2.05) is 24.3 Å². The molecule has 0 bridgehead atoms. The molecule has 7 heteroatoms. The molecule has 1 aromatic rings. The standard InChI is InChI=1S/C40H59NO6/c1-9-32-37(5,6)29(25-10-12-26(13-11-25)34(43)44)17-18-39(32,8)28-14-15-30-33-27(23(2)3)16-19-40(33,21-20-38(30,7)24(28)4)36(47)41-22-31(42)35(45)46/h10-13,17,24,27-28,30-34,42-44H,2,9,14-16,18-22H2,1,3-8H3,(H,41,47)(H,45,46). The van der Waals surface area contributed by atoms with E-state index >= 15 is 0 Å². The van der Waals surface area contributed by atoms with Crippen molar-refractivity contribution in [3.8, 4) is 0 Å². The smallest absolute Gasteiger partial charge is 0.334 e. The summed E-state index contributed by atoms with van der Waals surface area (Å²) in [4.78, 5) is 25.3. The van der Waals surface area contributed by atoms with Crippen molar-refractivity contribution in [2.24, 2.45) is 57.2 Å². The number of allylic oxidation sites excluding steroid dienone is 3. The van der Waals surface area contributed by atoms with Crippen LogP contribution in [0.4, 0.5) is 0 Å². The molecule has 10 unspecified atom stereocenters. The van der Waals surface area contributed by atoms with Gasteiger partial charge in [0.25, 0.3) is 0 Å². The monoisotopic (exact) mass is 649 g/mol. The molecule has 0 aliphatic heterocycles. The van der Waals surface area contributed by atoms with E-state index in [-0.39, 0.29) is 40.5 Å². The highest BCUT2D eigenvalue weighted by atomic mass is 16.5. The normalized spacial score (nSPS) is 38.6. The molecule has 5 rings (SSSR count). The Labute approximate surface area is 281 Å². The quantitative estimate of drug-likeness (QED) is 0.143.